The predicted molar refractivity (Wildman–Crippen MR) is 89.4 cm³/mol. The molecule has 0 heterocycles. The second-order valence-corrected chi connectivity index (χ2v) is 6.09. The molecule has 0 bridgehead atoms. The highest BCUT2D eigenvalue weighted by atomic mass is 15.2. The molecule has 114 valence electrons. The van der Waals surface area contributed by atoms with Crippen molar-refractivity contribution >= 4 is 5.69 Å². The zero-order valence-corrected chi connectivity index (χ0v) is 13.8. The summed E-state index contributed by atoms with van der Waals surface area (Å²) >= 11 is 0. The van der Waals surface area contributed by atoms with Crippen molar-refractivity contribution in [1.82, 2.24) is 10.2 Å². The van der Waals surface area contributed by atoms with Crippen molar-refractivity contribution in [1.29, 1.82) is 0 Å². The Balaban J connectivity index is 2.68. The van der Waals surface area contributed by atoms with Crippen LogP contribution in [0.4, 0.5) is 5.69 Å². The van der Waals surface area contributed by atoms with Crippen molar-refractivity contribution in [2.24, 2.45) is 5.92 Å². The van der Waals surface area contributed by atoms with Crippen molar-refractivity contribution in [2.45, 2.75) is 27.3 Å². The molecule has 0 atom stereocenters. The molecule has 0 fully saturated rings. The fraction of sp³-hybridized carbons (Fsp3) is 0.647. The van der Waals surface area contributed by atoms with E-state index in [4.69, 9.17) is 0 Å². The maximum Gasteiger partial charge on any atom is 0.0366 e. The molecule has 1 aromatic rings. The van der Waals surface area contributed by atoms with Gasteiger partial charge in [0.2, 0.25) is 0 Å². The molecule has 0 amide bonds. The predicted octanol–water partition coefficient (Wildman–Crippen LogP) is 2.82. The van der Waals surface area contributed by atoms with Gasteiger partial charge in [-0.05, 0) is 44.3 Å². The van der Waals surface area contributed by atoms with Gasteiger partial charge in [-0.3, -0.25) is 0 Å². The van der Waals surface area contributed by atoms with Gasteiger partial charge >= 0.3 is 0 Å². The standard InChI is InChI=1S/C17H31N3/c1-6-18-13-16-7-9-17(10-8-16)20(14-15(2)3)12-11-19(4)5/h7-10,15,18H,6,11-14H2,1-5H3. The van der Waals surface area contributed by atoms with Crippen LogP contribution in [0.2, 0.25) is 0 Å². The molecule has 0 aliphatic carbocycles. The average Bonchev–Trinajstić information content (AvgIpc) is 2.41. The number of rotatable bonds is 9. The lowest BCUT2D eigenvalue weighted by Gasteiger charge is -2.28. The van der Waals surface area contributed by atoms with E-state index in [-0.39, 0.29) is 0 Å². The largest absolute Gasteiger partial charge is 0.370 e. The Bertz CT molecular complexity index is 357. The van der Waals surface area contributed by atoms with E-state index < -0.39 is 0 Å². The van der Waals surface area contributed by atoms with Gasteiger partial charge in [0.05, 0.1) is 0 Å². The second kappa shape index (κ2) is 8.98. The highest BCUT2D eigenvalue weighted by Crippen LogP contribution is 2.17. The highest BCUT2D eigenvalue weighted by molar-refractivity contribution is 5.47. The smallest absolute Gasteiger partial charge is 0.0366 e. The maximum atomic E-state index is 3.37. The minimum atomic E-state index is 0.679. The Morgan fingerprint density at radius 1 is 1.05 bits per heavy atom. The molecule has 0 aliphatic heterocycles. The molecule has 0 aliphatic rings. The molecule has 0 saturated heterocycles. The lowest BCUT2D eigenvalue weighted by molar-refractivity contribution is 0.409. The number of likely N-dealkylation sites (N-methyl/N-ethyl adjacent to an activating group) is 1. The Kier molecular flexibility index (Phi) is 7.63. The van der Waals surface area contributed by atoms with Crippen molar-refractivity contribution in [2.75, 3.05) is 45.2 Å². The topological polar surface area (TPSA) is 18.5 Å². The Morgan fingerprint density at radius 2 is 1.70 bits per heavy atom. The molecule has 1 rings (SSSR count). The lowest BCUT2D eigenvalue weighted by atomic mass is 10.1. The summed E-state index contributed by atoms with van der Waals surface area (Å²) in [4.78, 5) is 4.73. The molecule has 0 unspecified atom stereocenters. The van der Waals surface area contributed by atoms with Crippen LogP contribution in [0.3, 0.4) is 0 Å². The zero-order valence-electron chi connectivity index (χ0n) is 13.8. The van der Waals surface area contributed by atoms with E-state index in [0.29, 0.717) is 5.92 Å². The molecular formula is C17H31N3. The molecule has 1 N–H and O–H groups in total. The number of anilines is 1. The van der Waals surface area contributed by atoms with E-state index in [9.17, 15) is 0 Å². The Hall–Kier alpha value is -1.06. The van der Waals surface area contributed by atoms with Crippen LogP contribution in [-0.2, 0) is 6.54 Å². The van der Waals surface area contributed by atoms with Gasteiger partial charge < -0.3 is 15.1 Å². The molecule has 3 nitrogen and oxygen atoms in total. The van der Waals surface area contributed by atoms with Gasteiger partial charge in [0.25, 0.3) is 0 Å². The highest BCUT2D eigenvalue weighted by Gasteiger charge is 2.09. The Morgan fingerprint density at radius 3 is 2.20 bits per heavy atom. The van der Waals surface area contributed by atoms with E-state index in [1.807, 2.05) is 0 Å². The number of hydrogen-bond donors (Lipinski definition) is 1. The molecule has 3 heteroatoms. The lowest BCUT2D eigenvalue weighted by Crippen LogP contribution is -2.34. The van der Waals surface area contributed by atoms with Crippen LogP contribution in [0.25, 0.3) is 0 Å². The van der Waals surface area contributed by atoms with Crippen molar-refractivity contribution in [3.8, 4) is 0 Å². The Labute approximate surface area is 125 Å². The van der Waals surface area contributed by atoms with Gasteiger partial charge in [-0.1, -0.05) is 32.9 Å². The third kappa shape index (κ3) is 6.40. The summed E-state index contributed by atoms with van der Waals surface area (Å²) in [5.74, 6) is 0.679. The average molecular weight is 277 g/mol. The monoisotopic (exact) mass is 277 g/mol. The summed E-state index contributed by atoms with van der Waals surface area (Å²) in [6.07, 6.45) is 0. The molecule has 0 radical (unpaired) electrons. The van der Waals surface area contributed by atoms with E-state index in [1.54, 1.807) is 0 Å². The third-order valence-corrected chi connectivity index (χ3v) is 3.28. The fourth-order valence-electron chi connectivity index (χ4n) is 2.18. The quantitative estimate of drug-likeness (QED) is 0.749. The molecular weight excluding hydrogens is 246 g/mol. The first-order valence-electron chi connectivity index (χ1n) is 7.72. The molecule has 0 spiro atoms. The number of hydrogen-bond acceptors (Lipinski definition) is 3. The van der Waals surface area contributed by atoms with Crippen LogP contribution in [0, 0.1) is 5.92 Å². The van der Waals surface area contributed by atoms with Crippen LogP contribution >= 0.6 is 0 Å². The van der Waals surface area contributed by atoms with Crippen LogP contribution in [0.1, 0.15) is 26.3 Å². The van der Waals surface area contributed by atoms with Crippen LogP contribution in [0.15, 0.2) is 24.3 Å². The maximum absolute atomic E-state index is 3.37. The summed E-state index contributed by atoms with van der Waals surface area (Å²) in [6.45, 7) is 12.0. The van der Waals surface area contributed by atoms with E-state index >= 15 is 0 Å². The van der Waals surface area contributed by atoms with Gasteiger partial charge in [0.1, 0.15) is 0 Å². The van der Waals surface area contributed by atoms with E-state index in [1.165, 1.54) is 11.3 Å². The second-order valence-electron chi connectivity index (χ2n) is 6.09. The molecule has 20 heavy (non-hydrogen) atoms. The van der Waals surface area contributed by atoms with E-state index in [0.717, 1.165) is 32.7 Å². The third-order valence-electron chi connectivity index (χ3n) is 3.28. The fourth-order valence-corrected chi connectivity index (χ4v) is 2.18. The van der Waals surface area contributed by atoms with Gasteiger partial charge in [-0.15, -0.1) is 0 Å². The van der Waals surface area contributed by atoms with Crippen LogP contribution in [0.5, 0.6) is 0 Å². The number of nitrogens with zero attached hydrogens (tertiary/aromatic N) is 2. The first kappa shape index (κ1) is 17.0. The van der Waals surface area contributed by atoms with Gasteiger partial charge in [-0.2, -0.15) is 0 Å². The van der Waals surface area contributed by atoms with Crippen LogP contribution in [-0.4, -0.2) is 45.2 Å². The number of benzene rings is 1. The minimum absolute atomic E-state index is 0.679. The summed E-state index contributed by atoms with van der Waals surface area (Å²) in [5.41, 5.74) is 2.69. The summed E-state index contributed by atoms with van der Waals surface area (Å²) in [5, 5.41) is 3.37. The molecule has 0 saturated carbocycles. The zero-order chi connectivity index (χ0) is 15.0. The minimum Gasteiger partial charge on any atom is -0.370 e. The number of nitrogens with one attached hydrogen (secondary N) is 1. The van der Waals surface area contributed by atoms with Crippen molar-refractivity contribution < 1.29 is 0 Å². The van der Waals surface area contributed by atoms with E-state index in [2.05, 4.69) is 74.2 Å². The summed E-state index contributed by atoms with van der Waals surface area (Å²) < 4.78 is 0. The van der Waals surface area contributed by atoms with Crippen LogP contribution < -0.4 is 10.2 Å². The van der Waals surface area contributed by atoms with Gasteiger partial charge in [0.15, 0.2) is 0 Å². The van der Waals surface area contributed by atoms with Gasteiger partial charge in [0, 0.05) is 31.9 Å². The first-order chi connectivity index (χ1) is 9.52. The summed E-state index contributed by atoms with van der Waals surface area (Å²) in [6, 6.07) is 8.98. The SMILES string of the molecule is CCNCc1ccc(N(CCN(C)C)CC(C)C)cc1. The first-order valence-corrected chi connectivity index (χ1v) is 7.72. The van der Waals surface area contributed by atoms with Crippen molar-refractivity contribution in [3.63, 3.8) is 0 Å². The molecule has 1 aromatic carbocycles. The summed E-state index contributed by atoms with van der Waals surface area (Å²) in [7, 11) is 4.26. The van der Waals surface area contributed by atoms with Gasteiger partial charge in [-0.25, -0.2) is 0 Å². The normalized spacial score (nSPS) is 11.3. The van der Waals surface area contributed by atoms with Crippen molar-refractivity contribution in [3.05, 3.63) is 29.8 Å². The molecule has 0 aromatic heterocycles.